The molecule has 1 atom stereocenters. The Bertz CT molecular complexity index is 904. The van der Waals surface area contributed by atoms with Gasteiger partial charge in [0.2, 0.25) is 0 Å². The van der Waals surface area contributed by atoms with E-state index >= 15 is 0 Å². The molecule has 0 spiro atoms. The molecule has 132 valence electrons. The number of thiazole rings is 1. The summed E-state index contributed by atoms with van der Waals surface area (Å²) in [5.41, 5.74) is 3.49. The lowest BCUT2D eigenvalue weighted by molar-refractivity contribution is -0.137. The van der Waals surface area contributed by atoms with E-state index in [0.717, 1.165) is 22.4 Å². The highest BCUT2D eigenvalue weighted by molar-refractivity contribution is 7.12. The standard InChI is InChI=1S/C20H18N2O3S/c1-13-7-9-15(10-8-13)16(11-18(23)24)21-19(25)20-22-17(12-26-20)14-5-3-2-4-6-14/h2-10,12,16H,11H2,1H3,(H,21,25)(H,23,24). The molecule has 0 fully saturated rings. The first-order chi connectivity index (χ1) is 12.5. The molecular formula is C20H18N2O3S. The number of aromatic nitrogens is 1. The Balaban J connectivity index is 1.78. The van der Waals surface area contributed by atoms with Crippen molar-refractivity contribution < 1.29 is 14.7 Å². The van der Waals surface area contributed by atoms with Crippen LogP contribution in [0, 0.1) is 6.92 Å². The third-order valence-electron chi connectivity index (χ3n) is 3.93. The second-order valence-electron chi connectivity index (χ2n) is 5.94. The van der Waals surface area contributed by atoms with Crippen molar-refractivity contribution in [3.63, 3.8) is 0 Å². The molecule has 0 aliphatic carbocycles. The molecule has 1 heterocycles. The van der Waals surface area contributed by atoms with Gasteiger partial charge in [-0.15, -0.1) is 11.3 Å². The van der Waals surface area contributed by atoms with Gasteiger partial charge in [-0.25, -0.2) is 4.98 Å². The van der Waals surface area contributed by atoms with E-state index in [0.29, 0.717) is 5.01 Å². The maximum Gasteiger partial charge on any atom is 0.305 e. The lowest BCUT2D eigenvalue weighted by Gasteiger charge is -2.17. The van der Waals surface area contributed by atoms with Crippen LogP contribution in [-0.2, 0) is 4.79 Å². The molecule has 3 rings (SSSR count). The average molecular weight is 366 g/mol. The van der Waals surface area contributed by atoms with Crippen molar-refractivity contribution >= 4 is 23.2 Å². The number of rotatable bonds is 6. The van der Waals surface area contributed by atoms with Gasteiger partial charge in [0, 0.05) is 10.9 Å². The van der Waals surface area contributed by atoms with Crippen LogP contribution < -0.4 is 5.32 Å². The molecular weight excluding hydrogens is 348 g/mol. The molecule has 2 aromatic carbocycles. The number of hydrogen-bond donors (Lipinski definition) is 2. The number of amides is 1. The zero-order chi connectivity index (χ0) is 18.5. The van der Waals surface area contributed by atoms with Crippen LogP contribution in [-0.4, -0.2) is 22.0 Å². The molecule has 5 nitrogen and oxygen atoms in total. The first-order valence-corrected chi connectivity index (χ1v) is 9.01. The van der Waals surface area contributed by atoms with E-state index in [1.807, 2.05) is 66.9 Å². The zero-order valence-corrected chi connectivity index (χ0v) is 15.0. The van der Waals surface area contributed by atoms with Gasteiger partial charge in [0.1, 0.15) is 0 Å². The van der Waals surface area contributed by atoms with Crippen LogP contribution in [0.2, 0.25) is 0 Å². The average Bonchev–Trinajstić information content (AvgIpc) is 3.12. The molecule has 1 unspecified atom stereocenters. The Morgan fingerprint density at radius 2 is 1.81 bits per heavy atom. The lowest BCUT2D eigenvalue weighted by atomic mass is 10.0. The Hall–Kier alpha value is -2.99. The number of aliphatic carboxylic acids is 1. The van der Waals surface area contributed by atoms with Gasteiger partial charge < -0.3 is 10.4 Å². The van der Waals surface area contributed by atoms with Crippen molar-refractivity contribution in [3.8, 4) is 11.3 Å². The fourth-order valence-corrected chi connectivity index (χ4v) is 3.29. The van der Waals surface area contributed by atoms with Gasteiger partial charge in [-0.3, -0.25) is 9.59 Å². The van der Waals surface area contributed by atoms with E-state index in [9.17, 15) is 14.7 Å². The summed E-state index contributed by atoms with van der Waals surface area (Å²) < 4.78 is 0. The van der Waals surface area contributed by atoms with Gasteiger partial charge >= 0.3 is 5.97 Å². The third kappa shape index (κ3) is 4.34. The molecule has 1 aromatic heterocycles. The fraction of sp³-hybridized carbons (Fsp3) is 0.150. The van der Waals surface area contributed by atoms with Crippen LogP contribution in [0.25, 0.3) is 11.3 Å². The van der Waals surface area contributed by atoms with Crippen LogP contribution >= 0.6 is 11.3 Å². The van der Waals surface area contributed by atoms with E-state index in [4.69, 9.17) is 0 Å². The number of carbonyl (C=O) groups is 2. The van der Waals surface area contributed by atoms with E-state index < -0.39 is 12.0 Å². The summed E-state index contributed by atoms with van der Waals surface area (Å²) >= 11 is 1.24. The van der Waals surface area contributed by atoms with Crippen molar-refractivity contribution in [2.75, 3.05) is 0 Å². The van der Waals surface area contributed by atoms with Crippen LogP contribution in [0.15, 0.2) is 60.0 Å². The Labute approximate surface area is 155 Å². The van der Waals surface area contributed by atoms with Gasteiger partial charge in [0.25, 0.3) is 5.91 Å². The zero-order valence-electron chi connectivity index (χ0n) is 14.2. The van der Waals surface area contributed by atoms with Crippen LogP contribution in [0.4, 0.5) is 0 Å². The summed E-state index contributed by atoms with van der Waals surface area (Å²) in [6, 6.07) is 16.4. The van der Waals surface area contributed by atoms with Crippen LogP contribution in [0.5, 0.6) is 0 Å². The largest absolute Gasteiger partial charge is 0.481 e. The van der Waals surface area contributed by atoms with E-state index in [1.165, 1.54) is 11.3 Å². The highest BCUT2D eigenvalue weighted by Gasteiger charge is 2.21. The summed E-state index contributed by atoms with van der Waals surface area (Å²) in [5, 5.41) is 14.1. The number of nitrogens with zero attached hydrogens (tertiary/aromatic N) is 1. The first-order valence-electron chi connectivity index (χ1n) is 8.13. The van der Waals surface area contributed by atoms with E-state index in [2.05, 4.69) is 10.3 Å². The third-order valence-corrected chi connectivity index (χ3v) is 4.77. The normalized spacial score (nSPS) is 11.7. The van der Waals surface area contributed by atoms with Gasteiger partial charge in [-0.2, -0.15) is 0 Å². The van der Waals surface area contributed by atoms with Crippen LogP contribution in [0.1, 0.15) is 33.4 Å². The highest BCUT2D eigenvalue weighted by Crippen LogP contribution is 2.23. The monoisotopic (exact) mass is 366 g/mol. The number of aryl methyl sites for hydroxylation is 1. The molecule has 0 saturated heterocycles. The Morgan fingerprint density at radius 1 is 1.12 bits per heavy atom. The van der Waals surface area contributed by atoms with Gasteiger partial charge in [0.15, 0.2) is 5.01 Å². The molecule has 0 aliphatic rings. The molecule has 6 heteroatoms. The molecule has 3 aromatic rings. The summed E-state index contributed by atoms with van der Waals surface area (Å²) in [6.07, 6.45) is -0.189. The smallest absolute Gasteiger partial charge is 0.305 e. The van der Waals surface area contributed by atoms with E-state index in [1.54, 1.807) is 0 Å². The quantitative estimate of drug-likeness (QED) is 0.689. The second kappa shape index (κ2) is 7.93. The molecule has 26 heavy (non-hydrogen) atoms. The fourth-order valence-electron chi connectivity index (χ4n) is 2.57. The second-order valence-corrected chi connectivity index (χ2v) is 6.80. The van der Waals surface area contributed by atoms with Crippen LogP contribution in [0.3, 0.4) is 0 Å². The molecule has 0 radical (unpaired) electrons. The van der Waals surface area contributed by atoms with Crippen molar-refractivity contribution in [3.05, 3.63) is 76.1 Å². The summed E-state index contributed by atoms with van der Waals surface area (Å²) in [4.78, 5) is 28.1. The maximum absolute atomic E-state index is 12.6. The van der Waals surface area contributed by atoms with Gasteiger partial charge in [-0.05, 0) is 12.5 Å². The van der Waals surface area contributed by atoms with E-state index in [-0.39, 0.29) is 12.3 Å². The summed E-state index contributed by atoms with van der Waals surface area (Å²) in [5.74, 6) is -1.34. The van der Waals surface area contributed by atoms with Crippen molar-refractivity contribution in [1.82, 2.24) is 10.3 Å². The SMILES string of the molecule is Cc1ccc(C(CC(=O)O)NC(=O)c2nc(-c3ccccc3)cs2)cc1. The number of benzene rings is 2. The van der Waals surface area contributed by atoms with Crippen molar-refractivity contribution in [2.45, 2.75) is 19.4 Å². The number of nitrogens with one attached hydrogen (secondary N) is 1. The Morgan fingerprint density at radius 3 is 2.46 bits per heavy atom. The minimum Gasteiger partial charge on any atom is -0.481 e. The predicted octanol–water partition coefficient (Wildman–Crippen LogP) is 4.06. The predicted molar refractivity (Wildman–Crippen MR) is 101 cm³/mol. The summed E-state index contributed by atoms with van der Waals surface area (Å²) in [6.45, 7) is 1.95. The molecule has 0 bridgehead atoms. The van der Waals surface area contributed by atoms with Gasteiger partial charge in [0.05, 0.1) is 18.2 Å². The minimum atomic E-state index is -0.972. The number of carboxylic acids is 1. The van der Waals surface area contributed by atoms with Gasteiger partial charge in [-0.1, -0.05) is 60.2 Å². The Kier molecular flexibility index (Phi) is 5.43. The summed E-state index contributed by atoms with van der Waals surface area (Å²) in [7, 11) is 0. The van der Waals surface area contributed by atoms with Crippen molar-refractivity contribution in [1.29, 1.82) is 0 Å². The number of hydrogen-bond acceptors (Lipinski definition) is 4. The number of carboxylic acid groups (broad SMARTS) is 1. The van der Waals surface area contributed by atoms with Crippen molar-refractivity contribution in [2.24, 2.45) is 0 Å². The molecule has 0 aliphatic heterocycles. The molecule has 1 amide bonds. The molecule has 0 saturated carbocycles. The molecule has 2 N–H and O–H groups in total. The topological polar surface area (TPSA) is 79.3 Å². The lowest BCUT2D eigenvalue weighted by Crippen LogP contribution is -2.30. The maximum atomic E-state index is 12.6. The number of carbonyl (C=O) groups excluding carboxylic acids is 1. The highest BCUT2D eigenvalue weighted by atomic mass is 32.1. The first kappa shape index (κ1) is 17.8. The minimum absolute atomic E-state index is 0.189.